The molecule has 6 nitrogen and oxygen atoms in total. The number of ether oxygens (including phenoxy) is 1. The number of benzene rings is 1. The van der Waals surface area contributed by atoms with E-state index in [-0.39, 0.29) is 11.9 Å². The Morgan fingerprint density at radius 1 is 1.04 bits per heavy atom. The maximum absolute atomic E-state index is 12.3. The average Bonchev–Trinajstić information content (AvgIpc) is 2.52. The lowest BCUT2D eigenvalue weighted by molar-refractivity contribution is -0.156. The summed E-state index contributed by atoms with van der Waals surface area (Å²) in [6, 6.07) is 5.92. The van der Waals surface area contributed by atoms with Gasteiger partial charge in [0, 0.05) is 31.9 Å². The van der Waals surface area contributed by atoms with Crippen molar-refractivity contribution in [2.45, 2.75) is 40.2 Å². The maximum Gasteiger partial charge on any atom is 0.320 e. The number of amides is 1. The number of esters is 1. The highest BCUT2D eigenvalue weighted by atomic mass is 16.6. The van der Waals surface area contributed by atoms with Crippen molar-refractivity contribution in [2.24, 2.45) is 0 Å². The van der Waals surface area contributed by atoms with Crippen molar-refractivity contribution in [1.29, 1.82) is 0 Å². The molecule has 0 unspecified atom stereocenters. The lowest BCUT2D eigenvalue weighted by Crippen LogP contribution is -2.50. The molecule has 0 radical (unpaired) electrons. The zero-order valence-corrected chi connectivity index (χ0v) is 16.6. The smallest absolute Gasteiger partial charge is 0.320 e. The fourth-order valence-electron chi connectivity index (χ4n) is 2.94. The Hall–Kier alpha value is -1.92. The fourth-order valence-corrected chi connectivity index (χ4v) is 2.94. The van der Waals surface area contributed by atoms with E-state index in [9.17, 15) is 9.59 Å². The first-order valence-corrected chi connectivity index (χ1v) is 9.16. The van der Waals surface area contributed by atoms with Gasteiger partial charge in [-0.2, -0.15) is 0 Å². The number of aryl methyl sites for hydroxylation is 1. The number of nitrogens with one attached hydrogen (secondary N) is 1. The van der Waals surface area contributed by atoms with Crippen molar-refractivity contribution >= 4 is 17.6 Å². The van der Waals surface area contributed by atoms with Crippen LogP contribution in [0.1, 0.15) is 31.9 Å². The molecule has 0 aromatic heterocycles. The molecule has 6 heteroatoms. The molecule has 0 aliphatic carbocycles. The Morgan fingerprint density at radius 2 is 1.62 bits per heavy atom. The van der Waals surface area contributed by atoms with Gasteiger partial charge in [0.15, 0.2) is 0 Å². The van der Waals surface area contributed by atoms with Crippen LogP contribution in [0.15, 0.2) is 18.2 Å². The van der Waals surface area contributed by atoms with Crippen molar-refractivity contribution in [1.82, 2.24) is 9.80 Å². The molecule has 144 valence electrons. The van der Waals surface area contributed by atoms with Crippen molar-refractivity contribution in [3.63, 3.8) is 0 Å². The molecule has 26 heavy (non-hydrogen) atoms. The van der Waals surface area contributed by atoms with E-state index in [0.717, 1.165) is 37.4 Å². The predicted molar refractivity (Wildman–Crippen MR) is 103 cm³/mol. The summed E-state index contributed by atoms with van der Waals surface area (Å²) < 4.78 is 5.36. The Balaban J connectivity index is 1.75. The molecule has 1 aromatic rings. The summed E-state index contributed by atoms with van der Waals surface area (Å²) in [6.07, 6.45) is 0. The SMILES string of the molecule is Cc1cccc(NC(=O)CN2CCN(CC(=O)OC(C)(C)C)CC2)c1C. The van der Waals surface area contributed by atoms with Crippen LogP contribution in [0.4, 0.5) is 5.69 Å². The predicted octanol–water partition coefficient (Wildman–Crippen LogP) is 2.20. The lowest BCUT2D eigenvalue weighted by Gasteiger charge is -2.34. The summed E-state index contributed by atoms with van der Waals surface area (Å²) in [6.45, 7) is 13.4. The van der Waals surface area contributed by atoms with E-state index in [4.69, 9.17) is 4.74 Å². The third-order valence-electron chi connectivity index (χ3n) is 4.48. The molecular weight excluding hydrogens is 330 g/mol. The standard InChI is InChI=1S/C20H31N3O3/c1-15-7-6-8-17(16(15)2)21-18(24)13-22-9-11-23(12-10-22)14-19(25)26-20(3,4)5/h6-8H,9-14H2,1-5H3,(H,21,24). The van der Waals surface area contributed by atoms with Gasteiger partial charge in [-0.1, -0.05) is 12.1 Å². The van der Waals surface area contributed by atoms with Crippen molar-refractivity contribution in [2.75, 3.05) is 44.6 Å². The monoisotopic (exact) mass is 361 g/mol. The van der Waals surface area contributed by atoms with Crippen molar-refractivity contribution in [3.8, 4) is 0 Å². The molecule has 0 bridgehead atoms. The number of piperazine rings is 1. The van der Waals surface area contributed by atoms with Crippen LogP contribution in [0.3, 0.4) is 0 Å². The van der Waals surface area contributed by atoms with Crippen LogP contribution >= 0.6 is 0 Å². The minimum atomic E-state index is -0.453. The van der Waals surface area contributed by atoms with Crippen LogP contribution in [0.5, 0.6) is 0 Å². The lowest BCUT2D eigenvalue weighted by atomic mass is 10.1. The molecule has 0 atom stereocenters. The molecule has 1 aliphatic heterocycles. The Labute approximate surface area is 156 Å². The van der Waals surface area contributed by atoms with Crippen molar-refractivity contribution in [3.05, 3.63) is 29.3 Å². The highest BCUT2D eigenvalue weighted by molar-refractivity contribution is 5.93. The number of rotatable bonds is 5. The molecular formula is C20H31N3O3. The number of anilines is 1. The summed E-state index contributed by atoms with van der Waals surface area (Å²) in [4.78, 5) is 28.4. The number of carbonyl (C=O) groups is 2. The molecule has 2 rings (SSSR count). The molecule has 1 saturated heterocycles. The second-order valence-corrected chi connectivity index (χ2v) is 7.93. The second-order valence-electron chi connectivity index (χ2n) is 7.93. The Kier molecular flexibility index (Phi) is 6.78. The van der Waals surface area contributed by atoms with Gasteiger partial charge in [0.2, 0.25) is 5.91 Å². The second kappa shape index (κ2) is 8.64. The van der Waals surface area contributed by atoms with E-state index in [0.29, 0.717) is 13.1 Å². The van der Waals surface area contributed by atoms with Crippen molar-refractivity contribution < 1.29 is 14.3 Å². The van der Waals surface area contributed by atoms with Crippen LogP contribution in [0, 0.1) is 13.8 Å². The first-order valence-electron chi connectivity index (χ1n) is 9.16. The van der Waals surface area contributed by atoms with E-state index >= 15 is 0 Å². The third kappa shape index (κ3) is 6.42. The zero-order chi connectivity index (χ0) is 19.3. The van der Waals surface area contributed by atoms with Gasteiger partial charge in [0.05, 0.1) is 13.1 Å². The number of hydrogen-bond donors (Lipinski definition) is 1. The van der Waals surface area contributed by atoms with Gasteiger partial charge >= 0.3 is 5.97 Å². The molecule has 1 amide bonds. The number of carbonyl (C=O) groups excluding carboxylic acids is 2. The van der Waals surface area contributed by atoms with Crippen LogP contribution < -0.4 is 5.32 Å². The van der Waals surface area contributed by atoms with Gasteiger partial charge in [-0.15, -0.1) is 0 Å². The number of hydrogen-bond acceptors (Lipinski definition) is 5. The van der Waals surface area contributed by atoms with Crippen LogP contribution in [-0.4, -0.2) is 66.5 Å². The zero-order valence-electron chi connectivity index (χ0n) is 16.6. The van der Waals surface area contributed by atoms with Gasteiger partial charge < -0.3 is 10.1 Å². The van der Waals surface area contributed by atoms with Gasteiger partial charge in [-0.25, -0.2) is 0 Å². The molecule has 1 fully saturated rings. The summed E-state index contributed by atoms with van der Waals surface area (Å²) in [5.74, 6) is -0.196. The van der Waals surface area contributed by atoms with Crippen LogP contribution in [-0.2, 0) is 14.3 Å². The highest BCUT2D eigenvalue weighted by Crippen LogP contribution is 2.18. The first kappa shape index (κ1) is 20.4. The van der Waals surface area contributed by atoms with E-state index in [2.05, 4.69) is 15.1 Å². The Bertz CT molecular complexity index is 644. The van der Waals surface area contributed by atoms with Crippen LogP contribution in [0.2, 0.25) is 0 Å². The molecule has 1 N–H and O–H groups in total. The van der Waals surface area contributed by atoms with Gasteiger partial charge in [0.25, 0.3) is 0 Å². The Morgan fingerprint density at radius 3 is 2.19 bits per heavy atom. The van der Waals surface area contributed by atoms with E-state index in [1.54, 1.807) is 0 Å². The summed E-state index contributed by atoms with van der Waals surface area (Å²) >= 11 is 0. The van der Waals surface area contributed by atoms with Gasteiger partial charge in [-0.3, -0.25) is 19.4 Å². The summed E-state index contributed by atoms with van der Waals surface area (Å²) in [5.41, 5.74) is 2.69. The average molecular weight is 361 g/mol. The fraction of sp³-hybridized carbons (Fsp3) is 0.600. The minimum absolute atomic E-state index is 0.000655. The molecule has 1 aromatic carbocycles. The quantitative estimate of drug-likeness (QED) is 0.815. The molecule has 1 aliphatic rings. The summed E-state index contributed by atoms with van der Waals surface area (Å²) in [7, 11) is 0. The topological polar surface area (TPSA) is 61.9 Å². The molecule has 1 heterocycles. The summed E-state index contributed by atoms with van der Waals surface area (Å²) in [5, 5.41) is 3.00. The van der Waals surface area contributed by atoms with Crippen LogP contribution in [0.25, 0.3) is 0 Å². The minimum Gasteiger partial charge on any atom is -0.459 e. The third-order valence-corrected chi connectivity index (χ3v) is 4.48. The molecule has 0 saturated carbocycles. The van der Waals surface area contributed by atoms with E-state index in [1.165, 1.54) is 5.56 Å². The van der Waals surface area contributed by atoms with Gasteiger partial charge in [0.1, 0.15) is 5.60 Å². The van der Waals surface area contributed by atoms with Gasteiger partial charge in [-0.05, 0) is 51.8 Å². The highest BCUT2D eigenvalue weighted by Gasteiger charge is 2.23. The van der Waals surface area contributed by atoms with E-state index < -0.39 is 5.60 Å². The normalized spacial score (nSPS) is 16.3. The molecule has 0 spiro atoms. The number of nitrogens with zero attached hydrogens (tertiary/aromatic N) is 2. The van der Waals surface area contributed by atoms with E-state index in [1.807, 2.05) is 52.8 Å². The maximum atomic E-state index is 12.3. The largest absolute Gasteiger partial charge is 0.459 e. The first-order chi connectivity index (χ1) is 12.1.